The standard InChI is InChI=1S/C74H140O17P2/c1-8-9-10-11-12-13-14-15-16-20-23-28-33-41-48-55-71(76)84-61-69(90-73(78)57-50-43-34-29-24-21-18-17-19-22-26-31-38-45-52-65(2)3)63-88-92(80,81)86-59-68(75)60-87-93(82,83)89-64-70(62-85-72(77)56-49-42-37-36-40-47-54-67(6)7)91-74(79)58-51-44-35-30-25-27-32-39-46-53-66(4)5/h13-16,65-70,75H,8-12,17-64H2,1-7H3,(H,80,81)(H,82,83)/b14-13-,16-15-/t68-,69-,70-/m1/s1. The van der Waals surface area contributed by atoms with Crippen molar-refractivity contribution in [2.75, 3.05) is 39.6 Å². The van der Waals surface area contributed by atoms with Crippen molar-refractivity contribution in [2.45, 2.75) is 369 Å². The molecule has 5 atom stereocenters. The summed E-state index contributed by atoms with van der Waals surface area (Å²) >= 11 is 0. The van der Waals surface area contributed by atoms with Gasteiger partial charge in [-0.15, -0.1) is 0 Å². The number of esters is 4. The van der Waals surface area contributed by atoms with Gasteiger partial charge in [0.2, 0.25) is 0 Å². The first-order chi connectivity index (χ1) is 44.7. The zero-order chi connectivity index (χ0) is 68.7. The fourth-order valence-electron chi connectivity index (χ4n) is 10.7. The lowest BCUT2D eigenvalue weighted by Crippen LogP contribution is -2.30. The summed E-state index contributed by atoms with van der Waals surface area (Å²) in [6, 6.07) is 0. The van der Waals surface area contributed by atoms with E-state index in [2.05, 4.69) is 72.8 Å². The van der Waals surface area contributed by atoms with Crippen LogP contribution < -0.4 is 0 Å². The Labute approximate surface area is 567 Å². The minimum atomic E-state index is -4.96. The highest BCUT2D eigenvalue weighted by molar-refractivity contribution is 7.47. The molecule has 0 radical (unpaired) electrons. The van der Waals surface area contributed by atoms with Gasteiger partial charge in [0, 0.05) is 25.7 Å². The first-order valence-corrected chi connectivity index (χ1v) is 40.7. The molecule has 0 heterocycles. The number of allylic oxidation sites excluding steroid dienone is 4. The van der Waals surface area contributed by atoms with Crippen LogP contribution in [0.4, 0.5) is 0 Å². The van der Waals surface area contributed by atoms with Gasteiger partial charge < -0.3 is 33.8 Å². The van der Waals surface area contributed by atoms with E-state index in [1.54, 1.807) is 0 Å². The fraction of sp³-hybridized carbons (Fsp3) is 0.892. The first-order valence-electron chi connectivity index (χ1n) is 37.7. The van der Waals surface area contributed by atoms with Crippen LogP contribution in [0, 0.1) is 17.8 Å². The highest BCUT2D eigenvalue weighted by Gasteiger charge is 2.30. The number of carbonyl (C=O) groups excluding carboxylic acids is 4. The van der Waals surface area contributed by atoms with Crippen LogP contribution >= 0.6 is 15.6 Å². The Kier molecular flexibility index (Phi) is 62.5. The SMILES string of the molecule is CCCCCC/C=C\C=C/CCCCCCCC(=O)OC[C@H](COP(=O)(O)OC[C@@H](O)COP(=O)(O)OC[C@@H](COC(=O)CCCCCCCCC(C)C)OC(=O)CCCCCCCCCCCC(C)C)OC(=O)CCCCCCCCCCCCCCCCC(C)C. The van der Waals surface area contributed by atoms with Crippen LogP contribution in [0.3, 0.4) is 0 Å². The average Bonchev–Trinajstić information content (AvgIpc) is 1.40. The number of ether oxygens (including phenoxy) is 4. The molecule has 0 fully saturated rings. The van der Waals surface area contributed by atoms with Crippen molar-refractivity contribution in [1.29, 1.82) is 0 Å². The van der Waals surface area contributed by atoms with Gasteiger partial charge in [0.1, 0.15) is 19.3 Å². The minimum absolute atomic E-state index is 0.100. The maximum Gasteiger partial charge on any atom is 0.472 e. The summed E-state index contributed by atoms with van der Waals surface area (Å²) in [4.78, 5) is 72.6. The van der Waals surface area contributed by atoms with E-state index in [1.807, 2.05) is 0 Å². The first kappa shape index (κ1) is 90.5. The highest BCUT2D eigenvalue weighted by Crippen LogP contribution is 2.45. The zero-order valence-electron chi connectivity index (χ0n) is 60.2. The second-order valence-electron chi connectivity index (χ2n) is 27.4. The van der Waals surface area contributed by atoms with Gasteiger partial charge in [0.05, 0.1) is 26.4 Å². The molecule has 0 rings (SSSR count). The van der Waals surface area contributed by atoms with E-state index >= 15 is 0 Å². The minimum Gasteiger partial charge on any atom is -0.462 e. The van der Waals surface area contributed by atoms with Crippen LogP contribution in [-0.4, -0.2) is 96.7 Å². The van der Waals surface area contributed by atoms with Crippen LogP contribution in [-0.2, 0) is 65.4 Å². The maximum absolute atomic E-state index is 13.1. The average molecular weight is 1360 g/mol. The van der Waals surface area contributed by atoms with E-state index in [1.165, 1.54) is 135 Å². The van der Waals surface area contributed by atoms with E-state index in [-0.39, 0.29) is 25.7 Å². The van der Waals surface area contributed by atoms with E-state index in [9.17, 15) is 43.2 Å². The lowest BCUT2D eigenvalue weighted by atomic mass is 10.0. The Morgan fingerprint density at radius 1 is 0.333 bits per heavy atom. The Morgan fingerprint density at radius 2 is 0.581 bits per heavy atom. The van der Waals surface area contributed by atoms with Gasteiger partial charge in [-0.05, 0) is 69.1 Å². The lowest BCUT2D eigenvalue weighted by molar-refractivity contribution is -0.161. The second kappa shape index (κ2) is 64.2. The molecular formula is C74H140O17P2. The molecule has 0 saturated heterocycles. The molecule has 548 valence electrons. The van der Waals surface area contributed by atoms with Gasteiger partial charge in [0.15, 0.2) is 12.2 Å². The number of unbranched alkanes of at least 4 members (excludes halogenated alkanes) is 35. The number of phosphoric ester groups is 2. The molecule has 0 aromatic heterocycles. The van der Waals surface area contributed by atoms with Gasteiger partial charge in [-0.25, -0.2) is 9.13 Å². The normalized spacial score (nSPS) is 14.3. The number of carbonyl (C=O) groups is 4. The van der Waals surface area contributed by atoms with Crippen molar-refractivity contribution in [3.8, 4) is 0 Å². The Hall–Kier alpha value is -2.46. The summed E-state index contributed by atoms with van der Waals surface area (Å²) < 4.78 is 68.4. The maximum atomic E-state index is 13.1. The number of hydrogen-bond donors (Lipinski definition) is 3. The zero-order valence-corrected chi connectivity index (χ0v) is 62.0. The molecular weight excluding hydrogens is 1220 g/mol. The summed E-state index contributed by atoms with van der Waals surface area (Å²) in [6.07, 6.45) is 52.3. The van der Waals surface area contributed by atoms with Crippen molar-refractivity contribution in [3.63, 3.8) is 0 Å². The molecule has 3 N–H and O–H groups in total. The third-order valence-corrected chi connectivity index (χ3v) is 18.4. The molecule has 0 aliphatic carbocycles. The van der Waals surface area contributed by atoms with Crippen LogP contribution in [0.1, 0.15) is 350 Å². The van der Waals surface area contributed by atoms with Crippen LogP contribution in [0.2, 0.25) is 0 Å². The number of hydrogen-bond acceptors (Lipinski definition) is 15. The predicted molar refractivity (Wildman–Crippen MR) is 377 cm³/mol. The molecule has 19 heteroatoms. The molecule has 0 aromatic carbocycles. The van der Waals surface area contributed by atoms with Gasteiger partial charge in [-0.3, -0.25) is 37.3 Å². The molecule has 0 amide bonds. The summed E-state index contributed by atoms with van der Waals surface area (Å²) in [6.45, 7) is 11.7. The van der Waals surface area contributed by atoms with Crippen LogP contribution in [0.25, 0.3) is 0 Å². The molecule has 93 heavy (non-hydrogen) atoms. The monoisotopic (exact) mass is 1360 g/mol. The van der Waals surface area contributed by atoms with Crippen molar-refractivity contribution in [2.24, 2.45) is 17.8 Å². The summed E-state index contributed by atoms with van der Waals surface area (Å²) in [5, 5.41) is 10.6. The molecule has 0 aliphatic heterocycles. The van der Waals surface area contributed by atoms with Crippen molar-refractivity contribution in [1.82, 2.24) is 0 Å². The van der Waals surface area contributed by atoms with Gasteiger partial charge in [-0.2, -0.15) is 0 Å². The summed E-state index contributed by atoms with van der Waals surface area (Å²) in [5.41, 5.74) is 0. The highest BCUT2D eigenvalue weighted by atomic mass is 31.2. The van der Waals surface area contributed by atoms with Crippen LogP contribution in [0.15, 0.2) is 24.3 Å². The van der Waals surface area contributed by atoms with Crippen molar-refractivity contribution in [3.05, 3.63) is 24.3 Å². The summed E-state index contributed by atoms with van der Waals surface area (Å²) in [5.74, 6) is 0.0517. The molecule has 0 saturated carbocycles. The van der Waals surface area contributed by atoms with E-state index < -0.39 is 97.5 Å². The molecule has 2 unspecified atom stereocenters. The molecule has 0 spiro atoms. The quantitative estimate of drug-likeness (QED) is 0.0169. The van der Waals surface area contributed by atoms with Gasteiger partial charge in [-0.1, -0.05) is 297 Å². The topological polar surface area (TPSA) is 237 Å². The molecule has 0 aliphatic rings. The Bertz CT molecular complexity index is 1910. The largest absolute Gasteiger partial charge is 0.472 e. The van der Waals surface area contributed by atoms with Gasteiger partial charge >= 0.3 is 39.5 Å². The molecule has 0 aromatic rings. The van der Waals surface area contributed by atoms with Crippen LogP contribution in [0.5, 0.6) is 0 Å². The smallest absolute Gasteiger partial charge is 0.462 e. The number of aliphatic hydroxyl groups excluding tert-OH is 1. The Morgan fingerprint density at radius 3 is 0.871 bits per heavy atom. The Balaban J connectivity index is 5.28. The second-order valence-corrected chi connectivity index (χ2v) is 30.3. The van der Waals surface area contributed by atoms with E-state index in [0.717, 1.165) is 127 Å². The fourth-order valence-corrected chi connectivity index (χ4v) is 12.3. The number of phosphoric acid groups is 2. The predicted octanol–water partition coefficient (Wildman–Crippen LogP) is 21.0. The van der Waals surface area contributed by atoms with Gasteiger partial charge in [0.25, 0.3) is 0 Å². The van der Waals surface area contributed by atoms with E-state index in [0.29, 0.717) is 31.6 Å². The molecule has 0 bridgehead atoms. The van der Waals surface area contributed by atoms with Crippen molar-refractivity contribution >= 4 is 39.5 Å². The third kappa shape index (κ3) is 67.9. The summed E-state index contributed by atoms with van der Waals surface area (Å²) in [7, 11) is -9.92. The lowest BCUT2D eigenvalue weighted by Gasteiger charge is -2.21. The molecule has 17 nitrogen and oxygen atoms in total. The number of rotatable bonds is 70. The van der Waals surface area contributed by atoms with Crippen molar-refractivity contribution < 1.29 is 80.2 Å². The third-order valence-electron chi connectivity index (χ3n) is 16.5. The van der Waals surface area contributed by atoms with E-state index in [4.69, 9.17) is 37.0 Å². The number of aliphatic hydroxyl groups is 1.